The summed E-state index contributed by atoms with van der Waals surface area (Å²) >= 11 is 0. The maximum atomic E-state index is 5.87. The average Bonchev–Trinajstić information content (AvgIpc) is 2.84. The van der Waals surface area contributed by atoms with Gasteiger partial charge in [-0.15, -0.1) is 0 Å². The van der Waals surface area contributed by atoms with E-state index in [4.69, 9.17) is 9.47 Å². The molecule has 0 fully saturated rings. The van der Waals surface area contributed by atoms with Crippen LogP contribution in [0, 0.1) is 0 Å². The molecule has 0 saturated carbocycles. The third-order valence-corrected chi connectivity index (χ3v) is 3.03. The van der Waals surface area contributed by atoms with Gasteiger partial charge in [-0.25, -0.2) is 0 Å². The van der Waals surface area contributed by atoms with Crippen molar-refractivity contribution in [1.29, 1.82) is 0 Å². The van der Waals surface area contributed by atoms with E-state index in [2.05, 4.69) is 10.4 Å². The fourth-order valence-corrected chi connectivity index (χ4v) is 2.10. The highest BCUT2D eigenvalue weighted by Gasteiger charge is 2.19. The number of rotatable bonds is 4. The molecule has 0 aliphatic carbocycles. The molecule has 2 heterocycles. The van der Waals surface area contributed by atoms with Crippen molar-refractivity contribution in [2.75, 3.05) is 13.2 Å². The Morgan fingerprint density at radius 2 is 2.21 bits per heavy atom. The van der Waals surface area contributed by atoms with Crippen LogP contribution in [0.5, 0.6) is 11.5 Å². The predicted octanol–water partition coefficient (Wildman–Crippen LogP) is 1.35. The zero-order valence-corrected chi connectivity index (χ0v) is 10.9. The van der Waals surface area contributed by atoms with E-state index in [9.17, 15) is 0 Å². The van der Waals surface area contributed by atoms with Gasteiger partial charge < -0.3 is 14.8 Å². The first-order valence-electron chi connectivity index (χ1n) is 6.38. The Hall–Kier alpha value is -2.01. The summed E-state index contributed by atoms with van der Waals surface area (Å²) in [6, 6.07) is 7.76. The summed E-state index contributed by atoms with van der Waals surface area (Å²) in [5.74, 6) is 1.65. The second-order valence-corrected chi connectivity index (χ2v) is 4.65. The lowest BCUT2D eigenvalue weighted by atomic mass is 10.2. The maximum Gasteiger partial charge on any atom is 0.161 e. The summed E-state index contributed by atoms with van der Waals surface area (Å²) in [5.41, 5.74) is 1.17. The Morgan fingerprint density at radius 1 is 1.37 bits per heavy atom. The van der Waals surface area contributed by atoms with Crippen LogP contribution in [0.3, 0.4) is 0 Å². The third kappa shape index (κ3) is 2.88. The van der Waals surface area contributed by atoms with Gasteiger partial charge in [-0.05, 0) is 12.1 Å². The van der Waals surface area contributed by atoms with Gasteiger partial charge >= 0.3 is 0 Å². The Labute approximate surface area is 112 Å². The number of aromatic nitrogens is 2. The van der Waals surface area contributed by atoms with Crippen LogP contribution < -0.4 is 14.8 Å². The molecule has 0 radical (unpaired) electrons. The Bertz CT molecular complexity index is 553. The fourth-order valence-electron chi connectivity index (χ4n) is 2.10. The van der Waals surface area contributed by atoms with Crippen LogP contribution in [0.25, 0.3) is 0 Å². The SMILES string of the molecule is Cn1cc(CNC[C@H]2COc3ccccc3O2)cn1. The molecule has 0 amide bonds. The molecule has 1 aliphatic heterocycles. The molecule has 0 bridgehead atoms. The van der Waals surface area contributed by atoms with Crippen LogP contribution in [0.1, 0.15) is 5.56 Å². The summed E-state index contributed by atoms with van der Waals surface area (Å²) in [6.07, 6.45) is 3.91. The molecule has 2 aromatic rings. The zero-order chi connectivity index (χ0) is 13.1. The van der Waals surface area contributed by atoms with Gasteiger partial charge in [0.25, 0.3) is 0 Å². The number of para-hydroxylation sites is 2. The summed E-state index contributed by atoms with van der Waals surface area (Å²) in [4.78, 5) is 0. The minimum Gasteiger partial charge on any atom is -0.486 e. The van der Waals surface area contributed by atoms with Crippen LogP contribution in [0.4, 0.5) is 0 Å². The second-order valence-electron chi connectivity index (χ2n) is 4.65. The predicted molar refractivity (Wildman–Crippen MR) is 71.3 cm³/mol. The average molecular weight is 259 g/mol. The van der Waals surface area contributed by atoms with Gasteiger partial charge in [0, 0.05) is 31.9 Å². The van der Waals surface area contributed by atoms with E-state index in [0.717, 1.165) is 24.6 Å². The van der Waals surface area contributed by atoms with Gasteiger partial charge in [-0.1, -0.05) is 12.1 Å². The van der Waals surface area contributed by atoms with E-state index in [1.54, 1.807) is 4.68 Å². The number of ether oxygens (including phenoxy) is 2. The first kappa shape index (κ1) is 12.0. The molecule has 1 aliphatic rings. The van der Waals surface area contributed by atoms with Gasteiger partial charge in [0.15, 0.2) is 11.5 Å². The molecule has 5 nitrogen and oxygen atoms in total. The number of nitrogens with one attached hydrogen (secondary N) is 1. The smallest absolute Gasteiger partial charge is 0.161 e. The number of nitrogens with zero attached hydrogens (tertiary/aromatic N) is 2. The topological polar surface area (TPSA) is 48.3 Å². The minimum atomic E-state index is 0.0478. The van der Waals surface area contributed by atoms with Gasteiger partial charge in [-0.2, -0.15) is 5.10 Å². The van der Waals surface area contributed by atoms with Crippen molar-refractivity contribution in [1.82, 2.24) is 15.1 Å². The summed E-state index contributed by atoms with van der Waals surface area (Å²) < 4.78 is 13.3. The fraction of sp³-hybridized carbons (Fsp3) is 0.357. The van der Waals surface area contributed by atoms with Gasteiger partial charge in [0.05, 0.1) is 6.20 Å². The molecular formula is C14H17N3O2. The summed E-state index contributed by atoms with van der Waals surface area (Å²) in [6.45, 7) is 2.12. The third-order valence-electron chi connectivity index (χ3n) is 3.03. The standard InChI is InChI=1S/C14H17N3O2/c1-17-9-11(7-16-17)6-15-8-12-10-18-13-4-2-3-5-14(13)19-12/h2-5,7,9,12,15H,6,8,10H2,1H3/t12-/m0/s1. The normalized spacial score (nSPS) is 17.4. The molecule has 5 heteroatoms. The molecule has 0 unspecified atom stereocenters. The molecule has 1 atom stereocenters. The lowest BCUT2D eigenvalue weighted by Gasteiger charge is -2.26. The van der Waals surface area contributed by atoms with Crippen LogP contribution >= 0.6 is 0 Å². The zero-order valence-electron chi connectivity index (χ0n) is 10.9. The Balaban J connectivity index is 1.50. The van der Waals surface area contributed by atoms with E-state index < -0.39 is 0 Å². The van der Waals surface area contributed by atoms with Gasteiger partial charge in [0.1, 0.15) is 12.7 Å². The number of aryl methyl sites for hydroxylation is 1. The molecule has 3 rings (SSSR count). The molecule has 19 heavy (non-hydrogen) atoms. The van der Waals surface area contributed by atoms with Crippen molar-refractivity contribution in [3.63, 3.8) is 0 Å². The number of hydrogen-bond donors (Lipinski definition) is 1. The van der Waals surface area contributed by atoms with Crippen LogP contribution in [-0.4, -0.2) is 29.0 Å². The Morgan fingerprint density at radius 3 is 3.00 bits per heavy atom. The number of hydrogen-bond acceptors (Lipinski definition) is 4. The number of benzene rings is 1. The first-order chi connectivity index (χ1) is 9.31. The molecule has 1 aromatic heterocycles. The molecule has 1 N–H and O–H groups in total. The first-order valence-corrected chi connectivity index (χ1v) is 6.38. The van der Waals surface area contributed by atoms with Crippen molar-refractivity contribution >= 4 is 0 Å². The molecule has 0 saturated heterocycles. The van der Waals surface area contributed by atoms with Gasteiger partial charge in [-0.3, -0.25) is 4.68 Å². The quantitative estimate of drug-likeness (QED) is 0.900. The molecule has 100 valence electrons. The maximum absolute atomic E-state index is 5.87. The van der Waals surface area contributed by atoms with Crippen molar-refractivity contribution in [2.45, 2.75) is 12.6 Å². The van der Waals surface area contributed by atoms with E-state index in [1.165, 1.54) is 5.56 Å². The van der Waals surface area contributed by atoms with Crippen LogP contribution in [-0.2, 0) is 13.6 Å². The van der Waals surface area contributed by atoms with Crippen molar-refractivity contribution in [3.05, 3.63) is 42.2 Å². The molecule has 0 spiro atoms. The van der Waals surface area contributed by atoms with E-state index >= 15 is 0 Å². The Kier molecular flexibility index (Phi) is 3.37. The monoisotopic (exact) mass is 259 g/mol. The molecular weight excluding hydrogens is 242 g/mol. The lowest BCUT2D eigenvalue weighted by Crippen LogP contribution is -2.38. The van der Waals surface area contributed by atoms with E-state index in [0.29, 0.717) is 6.61 Å². The van der Waals surface area contributed by atoms with Gasteiger partial charge in [0.2, 0.25) is 0 Å². The van der Waals surface area contributed by atoms with Crippen LogP contribution in [0.15, 0.2) is 36.7 Å². The lowest BCUT2D eigenvalue weighted by molar-refractivity contribution is 0.0902. The van der Waals surface area contributed by atoms with Crippen molar-refractivity contribution < 1.29 is 9.47 Å². The molecule has 1 aromatic carbocycles. The van der Waals surface area contributed by atoms with Crippen molar-refractivity contribution in [3.8, 4) is 11.5 Å². The highest BCUT2D eigenvalue weighted by atomic mass is 16.6. The summed E-state index contributed by atoms with van der Waals surface area (Å²) in [7, 11) is 1.92. The minimum absolute atomic E-state index is 0.0478. The van der Waals surface area contributed by atoms with Crippen molar-refractivity contribution in [2.24, 2.45) is 7.05 Å². The van der Waals surface area contributed by atoms with E-state index in [1.807, 2.05) is 43.7 Å². The highest BCUT2D eigenvalue weighted by molar-refractivity contribution is 5.40. The van der Waals surface area contributed by atoms with E-state index in [-0.39, 0.29) is 6.10 Å². The van der Waals surface area contributed by atoms with Crippen LogP contribution in [0.2, 0.25) is 0 Å². The number of fused-ring (bicyclic) bond motifs is 1. The highest BCUT2D eigenvalue weighted by Crippen LogP contribution is 2.30. The second kappa shape index (κ2) is 5.32. The summed E-state index contributed by atoms with van der Waals surface area (Å²) in [5, 5.41) is 7.49. The largest absolute Gasteiger partial charge is 0.486 e.